The molecule has 1 atom stereocenters. The van der Waals surface area contributed by atoms with Crippen LogP contribution in [0.15, 0.2) is 97.1 Å². The second-order valence-corrected chi connectivity index (χ2v) is 13.5. The van der Waals surface area contributed by atoms with Crippen LogP contribution >= 0.6 is 11.6 Å². The highest BCUT2D eigenvalue weighted by Gasteiger charge is 2.34. The van der Waals surface area contributed by atoms with Crippen LogP contribution in [-0.2, 0) is 32.6 Å². The lowest BCUT2D eigenvalue weighted by atomic mass is 10.0. The summed E-state index contributed by atoms with van der Waals surface area (Å²) in [5, 5.41) is 5.26. The number of anilines is 1. The van der Waals surface area contributed by atoms with Crippen molar-refractivity contribution in [1.82, 2.24) is 10.2 Å². The van der Waals surface area contributed by atoms with Gasteiger partial charge in [0.05, 0.1) is 11.9 Å². The molecule has 1 aliphatic carbocycles. The first-order chi connectivity index (χ1) is 20.7. The van der Waals surface area contributed by atoms with E-state index in [9.17, 15) is 18.0 Å². The molecule has 1 unspecified atom stereocenters. The molecule has 0 bridgehead atoms. The predicted molar refractivity (Wildman–Crippen MR) is 172 cm³/mol. The number of benzene rings is 4. The maximum Gasteiger partial charge on any atom is 0.244 e. The van der Waals surface area contributed by atoms with Crippen LogP contribution in [0.1, 0.15) is 36.8 Å². The molecule has 4 aromatic rings. The van der Waals surface area contributed by atoms with E-state index in [1.54, 1.807) is 30.3 Å². The highest BCUT2D eigenvalue weighted by atomic mass is 35.5. The van der Waals surface area contributed by atoms with Crippen molar-refractivity contribution >= 4 is 49.9 Å². The van der Waals surface area contributed by atoms with E-state index in [0.717, 1.165) is 52.8 Å². The molecule has 0 radical (unpaired) electrons. The topological polar surface area (TPSA) is 86.8 Å². The summed E-state index contributed by atoms with van der Waals surface area (Å²) in [6.45, 7) is -0.377. The molecule has 0 spiro atoms. The van der Waals surface area contributed by atoms with Gasteiger partial charge in [0.1, 0.15) is 12.6 Å². The number of carbonyl (C=O) groups excluding carboxylic acids is 2. The number of carbonyl (C=O) groups is 2. The Morgan fingerprint density at radius 1 is 0.884 bits per heavy atom. The summed E-state index contributed by atoms with van der Waals surface area (Å²) < 4.78 is 27.6. The zero-order valence-corrected chi connectivity index (χ0v) is 25.7. The monoisotopic (exact) mass is 617 g/mol. The minimum Gasteiger partial charge on any atom is -0.352 e. The summed E-state index contributed by atoms with van der Waals surface area (Å²) >= 11 is 6.30. The van der Waals surface area contributed by atoms with Crippen LogP contribution in [0.2, 0.25) is 5.02 Å². The second kappa shape index (κ2) is 13.6. The predicted octanol–water partition coefficient (Wildman–Crippen LogP) is 5.96. The van der Waals surface area contributed by atoms with Crippen molar-refractivity contribution in [2.24, 2.45) is 0 Å². The average Bonchev–Trinajstić information content (AvgIpc) is 3.50. The van der Waals surface area contributed by atoms with Gasteiger partial charge in [-0.05, 0) is 47.6 Å². The number of sulfonamides is 1. The highest BCUT2D eigenvalue weighted by molar-refractivity contribution is 7.92. The maximum atomic E-state index is 14.4. The molecule has 4 aromatic carbocycles. The summed E-state index contributed by atoms with van der Waals surface area (Å²) in [4.78, 5) is 29.9. The van der Waals surface area contributed by atoms with E-state index in [1.165, 1.54) is 4.90 Å². The highest BCUT2D eigenvalue weighted by Crippen LogP contribution is 2.29. The van der Waals surface area contributed by atoms with Gasteiger partial charge in [0.15, 0.2) is 0 Å². The van der Waals surface area contributed by atoms with Crippen LogP contribution in [0.5, 0.6) is 0 Å². The molecule has 1 aliphatic rings. The van der Waals surface area contributed by atoms with Crippen molar-refractivity contribution < 1.29 is 18.0 Å². The van der Waals surface area contributed by atoms with Gasteiger partial charge in [-0.1, -0.05) is 103 Å². The van der Waals surface area contributed by atoms with Gasteiger partial charge in [-0.15, -0.1) is 0 Å². The number of halogens is 1. The zero-order valence-electron chi connectivity index (χ0n) is 24.2. The molecular weight excluding hydrogens is 582 g/mol. The van der Waals surface area contributed by atoms with Gasteiger partial charge in [-0.3, -0.25) is 13.9 Å². The molecule has 7 nitrogen and oxygen atoms in total. The van der Waals surface area contributed by atoms with Crippen molar-refractivity contribution in [1.29, 1.82) is 0 Å². The molecular formula is C34H36ClN3O4S. The quantitative estimate of drug-likeness (QED) is 0.225. The summed E-state index contributed by atoms with van der Waals surface area (Å²) in [5.41, 5.74) is 2.04. The van der Waals surface area contributed by atoms with Crippen LogP contribution in [0.4, 0.5) is 5.69 Å². The molecule has 0 saturated heterocycles. The molecule has 0 aromatic heterocycles. The molecule has 0 aliphatic heterocycles. The van der Waals surface area contributed by atoms with Gasteiger partial charge in [-0.2, -0.15) is 0 Å². The smallest absolute Gasteiger partial charge is 0.244 e. The normalized spacial score (nSPS) is 14.4. The molecule has 1 saturated carbocycles. The fourth-order valence-corrected chi connectivity index (χ4v) is 6.85. The minimum atomic E-state index is -3.88. The fourth-order valence-electron chi connectivity index (χ4n) is 5.77. The Hall–Kier alpha value is -3.88. The lowest BCUT2D eigenvalue weighted by Crippen LogP contribution is -2.54. The van der Waals surface area contributed by atoms with Crippen LogP contribution in [0.25, 0.3) is 10.8 Å². The Morgan fingerprint density at radius 3 is 2.26 bits per heavy atom. The summed E-state index contributed by atoms with van der Waals surface area (Å²) in [6, 6.07) is 28.7. The van der Waals surface area contributed by atoms with E-state index < -0.39 is 28.5 Å². The second-order valence-electron chi connectivity index (χ2n) is 11.1. The molecule has 1 N–H and O–H groups in total. The fraction of sp³-hybridized carbons (Fsp3) is 0.294. The first-order valence-electron chi connectivity index (χ1n) is 14.5. The van der Waals surface area contributed by atoms with Crippen LogP contribution in [-0.4, -0.2) is 50.0 Å². The summed E-state index contributed by atoms with van der Waals surface area (Å²) in [7, 11) is -3.88. The Balaban J connectivity index is 1.55. The number of fused-ring (bicyclic) bond motifs is 1. The molecule has 5 rings (SSSR count). The van der Waals surface area contributed by atoms with Crippen LogP contribution in [0.3, 0.4) is 0 Å². The third-order valence-corrected chi connectivity index (χ3v) is 9.29. The number of nitrogens with zero attached hydrogens (tertiary/aromatic N) is 2. The van der Waals surface area contributed by atoms with Crippen molar-refractivity contribution in [3.63, 3.8) is 0 Å². The molecule has 0 heterocycles. The number of rotatable bonds is 11. The Morgan fingerprint density at radius 2 is 1.53 bits per heavy atom. The molecule has 43 heavy (non-hydrogen) atoms. The van der Waals surface area contributed by atoms with Gasteiger partial charge in [0.25, 0.3) is 0 Å². The minimum absolute atomic E-state index is 0.0529. The van der Waals surface area contributed by atoms with E-state index in [2.05, 4.69) is 5.32 Å². The van der Waals surface area contributed by atoms with Gasteiger partial charge in [0, 0.05) is 29.4 Å². The van der Waals surface area contributed by atoms with Gasteiger partial charge in [-0.25, -0.2) is 8.42 Å². The number of nitrogens with one attached hydrogen (secondary N) is 1. The Kier molecular flexibility index (Phi) is 9.68. The standard InChI is InChI=1S/C34H36ClN3O4S/c1-43(41,42)38(31-20-10-15-27-14-5-8-19-30(27)31)24-33(39)37(23-26-13-9-16-28(35)21-26)32(22-25-11-3-2-4-12-25)34(40)36-29-17-6-7-18-29/h2-5,8-16,19-21,29,32H,6-7,17-18,22-24H2,1H3,(H,36,40). The molecule has 9 heteroatoms. The van der Waals surface area contributed by atoms with E-state index in [4.69, 9.17) is 11.6 Å². The summed E-state index contributed by atoms with van der Waals surface area (Å²) in [6.07, 6.45) is 5.27. The van der Waals surface area contributed by atoms with E-state index in [-0.39, 0.29) is 24.9 Å². The van der Waals surface area contributed by atoms with Gasteiger partial charge < -0.3 is 10.2 Å². The van der Waals surface area contributed by atoms with Crippen molar-refractivity contribution in [3.8, 4) is 0 Å². The van der Waals surface area contributed by atoms with Gasteiger partial charge >= 0.3 is 0 Å². The number of hydrogen-bond acceptors (Lipinski definition) is 4. The molecule has 224 valence electrons. The average molecular weight is 618 g/mol. The Bertz CT molecular complexity index is 1690. The third kappa shape index (κ3) is 7.75. The van der Waals surface area contributed by atoms with E-state index >= 15 is 0 Å². The Labute approximate surface area is 258 Å². The third-order valence-electron chi connectivity index (χ3n) is 7.93. The summed E-state index contributed by atoms with van der Waals surface area (Å²) in [5.74, 6) is -0.733. The van der Waals surface area contributed by atoms with Crippen molar-refractivity contribution in [2.75, 3.05) is 17.1 Å². The van der Waals surface area contributed by atoms with E-state index in [1.807, 2.05) is 66.7 Å². The SMILES string of the molecule is CS(=O)(=O)N(CC(=O)N(Cc1cccc(Cl)c1)C(Cc1ccccc1)C(=O)NC1CCCC1)c1cccc2ccccc12. The number of amides is 2. The zero-order chi connectivity index (χ0) is 30.4. The first kappa shape index (κ1) is 30.6. The van der Waals surface area contributed by atoms with Crippen LogP contribution < -0.4 is 9.62 Å². The van der Waals surface area contributed by atoms with Crippen molar-refractivity contribution in [2.45, 2.75) is 50.7 Å². The van der Waals surface area contributed by atoms with Crippen molar-refractivity contribution in [3.05, 3.63) is 113 Å². The molecule has 1 fully saturated rings. The van der Waals surface area contributed by atoms with Gasteiger partial charge in [0.2, 0.25) is 21.8 Å². The van der Waals surface area contributed by atoms with Crippen LogP contribution in [0, 0.1) is 0 Å². The van der Waals surface area contributed by atoms with E-state index in [0.29, 0.717) is 16.1 Å². The lowest BCUT2D eigenvalue weighted by molar-refractivity contribution is -0.140. The first-order valence-corrected chi connectivity index (χ1v) is 16.8. The largest absolute Gasteiger partial charge is 0.352 e. The number of hydrogen-bond donors (Lipinski definition) is 1. The lowest BCUT2D eigenvalue weighted by Gasteiger charge is -2.34. The maximum absolute atomic E-state index is 14.4. The molecule has 2 amide bonds.